The molecular weight excluding hydrogens is 523 g/mol. The maximum absolute atomic E-state index is 13.0. The average molecular weight is 541 g/mol. The van der Waals surface area contributed by atoms with Crippen LogP contribution in [0.2, 0.25) is 5.02 Å². The molecule has 1 fully saturated rings. The smallest absolute Gasteiger partial charge is 0.325 e. The predicted molar refractivity (Wildman–Crippen MR) is 114 cm³/mol. The third kappa shape index (κ3) is 5.98. The summed E-state index contributed by atoms with van der Waals surface area (Å²) in [7, 11) is -3.64. The van der Waals surface area contributed by atoms with Gasteiger partial charge in [-0.25, -0.2) is 8.42 Å². The Labute approximate surface area is 191 Å². The van der Waals surface area contributed by atoms with Crippen LogP contribution in [0.4, 0.5) is 18.9 Å². The minimum absolute atomic E-state index is 0.0156. The van der Waals surface area contributed by atoms with Gasteiger partial charge in [0.15, 0.2) is 0 Å². The molecule has 0 atom stereocenters. The molecule has 0 bridgehead atoms. The SMILES string of the molecule is O=C(CN1CCN(S(=O)(=O)c2ccc(Br)cc2)CC1)Nc1ccc(Cl)c(C(F)(F)F)c1. The number of sulfonamides is 1. The van der Waals surface area contributed by atoms with E-state index in [1.54, 1.807) is 17.0 Å². The number of nitrogens with one attached hydrogen (secondary N) is 1. The molecule has 31 heavy (non-hydrogen) atoms. The third-order valence-corrected chi connectivity index (χ3v) is 7.48. The van der Waals surface area contributed by atoms with E-state index in [2.05, 4.69) is 21.2 Å². The van der Waals surface area contributed by atoms with Gasteiger partial charge in [-0.3, -0.25) is 9.69 Å². The topological polar surface area (TPSA) is 69.7 Å². The fourth-order valence-electron chi connectivity index (χ4n) is 3.11. The fourth-order valence-corrected chi connectivity index (χ4v) is 5.02. The van der Waals surface area contributed by atoms with E-state index in [9.17, 15) is 26.4 Å². The lowest BCUT2D eigenvalue weighted by atomic mass is 10.2. The largest absolute Gasteiger partial charge is 0.417 e. The first-order valence-corrected chi connectivity index (χ1v) is 11.7. The molecule has 1 amide bonds. The van der Waals surface area contributed by atoms with Crippen LogP contribution in [-0.4, -0.2) is 56.3 Å². The summed E-state index contributed by atoms with van der Waals surface area (Å²) in [5, 5.41) is 1.98. The number of hydrogen-bond donors (Lipinski definition) is 1. The molecule has 1 aliphatic heterocycles. The number of rotatable bonds is 5. The molecule has 1 N–H and O–H groups in total. The Balaban J connectivity index is 1.56. The Morgan fingerprint density at radius 1 is 1.06 bits per heavy atom. The van der Waals surface area contributed by atoms with Gasteiger partial charge >= 0.3 is 6.18 Å². The molecule has 1 saturated heterocycles. The van der Waals surface area contributed by atoms with Crippen molar-refractivity contribution in [2.75, 3.05) is 38.0 Å². The van der Waals surface area contributed by atoms with Crippen molar-refractivity contribution in [1.82, 2.24) is 9.21 Å². The highest BCUT2D eigenvalue weighted by molar-refractivity contribution is 9.10. The summed E-state index contributed by atoms with van der Waals surface area (Å²) in [6.45, 7) is 0.959. The first kappa shape index (κ1) is 24.0. The van der Waals surface area contributed by atoms with Crippen molar-refractivity contribution in [2.24, 2.45) is 0 Å². The first-order valence-electron chi connectivity index (χ1n) is 9.11. The lowest BCUT2D eigenvalue weighted by molar-refractivity contribution is -0.137. The summed E-state index contributed by atoms with van der Waals surface area (Å²) in [5.41, 5.74) is -1.04. The number of carbonyl (C=O) groups is 1. The number of nitrogens with zero attached hydrogens (tertiary/aromatic N) is 2. The van der Waals surface area contributed by atoms with Crippen molar-refractivity contribution < 1.29 is 26.4 Å². The highest BCUT2D eigenvalue weighted by Gasteiger charge is 2.33. The molecule has 168 valence electrons. The van der Waals surface area contributed by atoms with Crippen molar-refractivity contribution >= 4 is 49.1 Å². The molecule has 0 saturated carbocycles. The summed E-state index contributed by atoms with van der Waals surface area (Å²) in [4.78, 5) is 14.2. The van der Waals surface area contributed by atoms with Crippen molar-refractivity contribution in [3.8, 4) is 0 Å². The summed E-state index contributed by atoms with van der Waals surface area (Å²) in [6.07, 6.45) is -4.63. The molecule has 0 aromatic heterocycles. The Bertz CT molecular complexity index is 1060. The number of alkyl halides is 3. The Hall–Kier alpha value is -1.66. The minimum Gasteiger partial charge on any atom is -0.325 e. The zero-order chi connectivity index (χ0) is 22.8. The highest BCUT2D eigenvalue weighted by atomic mass is 79.9. The number of halogens is 5. The highest BCUT2D eigenvalue weighted by Crippen LogP contribution is 2.36. The van der Waals surface area contributed by atoms with E-state index in [1.165, 1.54) is 22.5 Å². The van der Waals surface area contributed by atoms with Crippen molar-refractivity contribution in [1.29, 1.82) is 0 Å². The quantitative estimate of drug-likeness (QED) is 0.621. The molecule has 0 radical (unpaired) electrons. The van der Waals surface area contributed by atoms with Crippen LogP contribution in [0.5, 0.6) is 0 Å². The predicted octanol–water partition coefficient (Wildman–Crippen LogP) is 4.07. The zero-order valence-electron chi connectivity index (χ0n) is 16.0. The molecular formula is C19H18BrClF3N3O3S. The Morgan fingerprint density at radius 3 is 2.26 bits per heavy atom. The molecule has 2 aromatic rings. The van der Waals surface area contributed by atoms with Crippen LogP contribution in [0.25, 0.3) is 0 Å². The van der Waals surface area contributed by atoms with E-state index < -0.39 is 32.7 Å². The van der Waals surface area contributed by atoms with Gasteiger partial charge in [0.2, 0.25) is 15.9 Å². The molecule has 6 nitrogen and oxygen atoms in total. The molecule has 1 heterocycles. The van der Waals surface area contributed by atoms with E-state index in [0.29, 0.717) is 13.1 Å². The first-order chi connectivity index (χ1) is 14.5. The van der Waals surface area contributed by atoms with Gasteiger partial charge in [0.1, 0.15) is 0 Å². The molecule has 2 aromatic carbocycles. The van der Waals surface area contributed by atoms with E-state index in [-0.39, 0.29) is 30.2 Å². The van der Waals surface area contributed by atoms with E-state index in [0.717, 1.165) is 16.6 Å². The normalized spacial score (nSPS) is 16.3. The van der Waals surface area contributed by atoms with E-state index in [4.69, 9.17) is 11.6 Å². The van der Waals surface area contributed by atoms with Gasteiger partial charge in [-0.2, -0.15) is 17.5 Å². The van der Waals surface area contributed by atoms with E-state index >= 15 is 0 Å². The van der Waals surface area contributed by atoms with Gasteiger partial charge in [0.25, 0.3) is 0 Å². The van der Waals surface area contributed by atoms with Gasteiger partial charge in [-0.1, -0.05) is 27.5 Å². The van der Waals surface area contributed by atoms with Crippen LogP contribution in [0.3, 0.4) is 0 Å². The van der Waals surface area contributed by atoms with E-state index in [1.807, 2.05) is 0 Å². The minimum atomic E-state index is -4.63. The van der Waals surface area contributed by atoms with Gasteiger partial charge < -0.3 is 5.32 Å². The summed E-state index contributed by atoms with van der Waals surface area (Å²) >= 11 is 8.84. The van der Waals surface area contributed by atoms with Crippen LogP contribution in [-0.2, 0) is 21.0 Å². The number of carbonyl (C=O) groups excluding carboxylic acids is 1. The van der Waals surface area contributed by atoms with Gasteiger partial charge in [-0.05, 0) is 42.5 Å². The number of benzene rings is 2. The third-order valence-electron chi connectivity index (χ3n) is 4.71. The molecule has 1 aliphatic rings. The summed E-state index contributed by atoms with van der Waals surface area (Å²) in [6, 6.07) is 9.47. The van der Waals surface area contributed by atoms with Gasteiger partial charge in [-0.15, -0.1) is 0 Å². The van der Waals surface area contributed by atoms with Crippen LogP contribution in [0.15, 0.2) is 51.8 Å². The van der Waals surface area contributed by atoms with Crippen molar-refractivity contribution in [2.45, 2.75) is 11.1 Å². The van der Waals surface area contributed by atoms with Crippen LogP contribution >= 0.6 is 27.5 Å². The number of piperazine rings is 1. The summed E-state index contributed by atoms with van der Waals surface area (Å²) < 4.78 is 66.4. The second kappa shape index (κ2) is 9.45. The second-order valence-electron chi connectivity index (χ2n) is 6.87. The van der Waals surface area contributed by atoms with Crippen molar-refractivity contribution in [3.05, 3.63) is 57.5 Å². The fraction of sp³-hybridized carbons (Fsp3) is 0.316. The molecule has 0 spiro atoms. The molecule has 3 rings (SSSR count). The van der Waals surface area contributed by atoms with Crippen LogP contribution in [0.1, 0.15) is 5.56 Å². The standard InChI is InChI=1S/C19H18BrClF3N3O3S/c20-13-1-4-15(5-2-13)31(29,30)27-9-7-26(8-10-27)12-18(28)25-14-3-6-17(21)16(11-14)19(22,23)24/h1-6,11H,7-10,12H2,(H,25,28). The lowest BCUT2D eigenvalue weighted by Gasteiger charge is -2.33. The average Bonchev–Trinajstić information content (AvgIpc) is 2.69. The molecule has 12 heteroatoms. The maximum Gasteiger partial charge on any atom is 0.417 e. The van der Waals surface area contributed by atoms with Gasteiger partial charge in [0, 0.05) is 36.3 Å². The number of anilines is 1. The Morgan fingerprint density at radius 2 is 1.68 bits per heavy atom. The van der Waals surface area contributed by atoms with Crippen molar-refractivity contribution in [3.63, 3.8) is 0 Å². The summed E-state index contributed by atoms with van der Waals surface area (Å²) in [5.74, 6) is -0.500. The zero-order valence-corrected chi connectivity index (χ0v) is 19.2. The lowest BCUT2D eigenvalue weighted by Crippen LogP contribution is -2.50. The van der Waals surface area contributed by atoms with Gasteiger partial charge in [0.05, 0.1) is 22.0 Å². The molecule has 0 aliphatic carbocycles. The van der Waals surface area contributed by atoms with Crippen LogP contribution in [0, 0.1) is 0 Å². The monoisotopic (exact) mass is 539 g/mol. The maximum atomic E-state index is 13.0. The number of hydrogen-bond acceptors (Lipinski definition) is 4. The second-order valence-corrected chi connectivity index (χ2v) is 10.1. The number of amides is 1. The molecule has 0 unspecified atom stereocenters. The van der Waals surface area contributed by atoms with Crippen LogP contribution < -0.4 is 5.32 Å². The Kier molecular flexibility index (Phi) is 7.32.